The molecule has 0 saturated carbocycles. The van der Waals surface area contributed by atoms with E-state index in [0.29, 0.717) is 18.1 Å². The molecule has 0 bridgehead atoms. The molecule has 8 rings (SSSR count). The van der Waals surface area contributed by atoms with Crippen LogP contribution in [0.15, 0.2) is 180 Å². The van der Waals surface area contributed by atoms with Gasteiger partial charge in [-0.15, -0.1) is 0 Å². The van der Waals surface area contributed by atoms with Crippen LogP contribution in [-0.2, 0) is 74.7 Å². The van der Waals surface area contributed by atoms with E-state index in [1.54, 1.807) is 45.0 Å². The molecule has 0 aliphatic carbocycles. The molecule has 2 aliphatic rings. The molecular weight excluding hydrogens is 1100 g/mol. The number of epoxide rings is 1. The summed E-state index contributed by atoms with van der Waals surface area (Å²) in [6.07, 6.45) is 1.19. The Morgan fingerprint density at radius 1 is 0.590 bits per heavy atom. The largest absolute Gasteiger partial charge is 0.497 e. The zero-order chi connectivity index (χ0) is 60.3. The first-order valence-electron chi connectivity index (χ1n) is 27.1. The number of amides is 2. The maximum Gasteiger partial charge on any atom is 0.407 e. The number of alkyl carbamates (subject to hydrolysis) is 2. The van der Waals surface area contributed by atoms with Crippen molar-refractivity contribution in [2.75, 3.05) is 40.6 Å². The van der Waals surface area contributed by atoms with Crippen molar-refractivity contribution in [3.63, 3.8) is 0 Å². The van der Waals surface area contributed by atoms with Crippen molar-refractivity contribution in [2.24, 2.45) is 0 Å². The molecule has 4 N–H and O–H groups in total. The molecule has 6 aromatic carbocycles. The third kappa shape index (κ3) is 25.6. The zero-order valence-electron chi connectivity index (χ0n) is 48.5. The Morgan fingerprint density at radius 2 is 1.01 bits per heavy atom. The van der Waals surface area contributed by atoms with Gasteiger partial charge in [0, 0.05) is 13.2 Å². The summed E-state index contributed by atoms with van der Waals surface area (Å²) in [5.74, 6) is 1.09. The van der Waals surface area contributed by atoms with E-state index in [-0.39, 0.29) is 47.7 Å². The molecule has 0 radical (unpaired) electrons. The molecule has 2 fully saturated rings. The summed E-state index contributed by atoms with van der Waals surface area (Å²) in [6.45, 7) is 13.1. The Bertz CT molecular complexity index is 3030. The van der Waals surface area contributed by atoms with Gasteiger partial charge in [-0.1, -0.05) is 131 Å². The molecule has 19 nitrogen and oxygen atoms in total. The number of aliphatic hydroxyl groups is 1. The van der Waals surface area contributed by atoms with Gasteiger partial charge in [0.15, 0.2) is 0 Å². The Kier molecular flexibility index (Phi) is 26.9. The van der Waals surface area contributed by atoms with E-state index < -0.39 is 56.0 Å². The summed E-state index contributed by atoms with van der Waals surface area (Å²) in [7, 11) is -4.88. The van der Waals surface area contributed by atoms with Crippen molar-refractivity contribution in [3.8, 4) is 11.5 Å². The van der Waals surface area contributed by atoms with Gasteiger partial charge in [-0.05, 0) is 138 Å². The minimum Gasteiger partial charge on any atom is -0.497 e. The number of carbonyl (C=O) groups is 2. The number of rotatable bonds is 22. The molecule has 2 saturated heterocycles. The van der Waals surface area contributed by atoms with Gasteiger partial charge in [-0.2, -0.15) is 0 Å². The lowest BCUT2D eigenvalue weighted by Gasteiger charge is -2.30. The van der Waals surface area contributed by atoms with E-state index in [4.69, 9.17) is 38.1 Å². The predicted molar refractivity (Wildman–Crippen MR) is 315 cm³/mol. The number of nitrogens with one attached hydrogen (secondary N) is 3. The molecule has 2 heterocycles. The molecule has 21 heteroatoms. The minimum atomic E-state index is -4.20. The van der Waals surface area contributed by atoms with Gasteiger partial charge < -0.3 is 44.2 Å². The summed E-state index contributed by atoms with van der Waals surface area (Å²) in [5, 5.41) is 16.9. The molecule has 4 atom stereocenters. The summed E-state index contributed by atoms with van der Waals surface area (Å²) in [5.41, 5.74) is 2.41. The van der Waals surface area contributed by atoms with Crippen molar-refractivity contribution in [1.82, 2.24) is 20.0 Å². The number of ether oxygens (including phenoxy) is 6. The van der Waals surface area contributed by atoms with Gasteiger partial charge in [0.05, 0.1) is 68.6 Å². The summed E-state index contributed by atoms with van der Waals surface area (Å²) in [6, 6.07) is 48.7. The van der Waals surface area contributed by atoms with Gasteiger partial charge in [0.2, 0.25) is 0 Å². The predicted octanol–water partition coefficient (Wildman–Crippen LogP) is 9.74. The lowest BCUT2D eigenvalue weighted by Crippen LogP contribution is -2.51. The summed E-state index contributed by atoms with van der Waals surface area (Å²) < 4.78 is 82.9. The third-order valence-electron chi connectivity index (χ3n) is 11.9. The van der Waals surface area contributed by atoms with Crippen molar-refractivity contribution in [1.29, 1.82) is 0 Å². The fraction of sp³-hybridized carbons (Fsp3) is 0.387. The highest BCUT2D eigenvalue weighted by atomic mass is 32.2. The maximum absolute atomic E-state index is 13.6. The van der Waals surface area contributed by atoms with E-state index in [1.807, 2.05) is 130 Å². The maximum atomic E-state index is 13.6. The third-order valence-corrected chi connectivity index (χ3v) is 14.8. The number of aliphatic hydroxyl groups excluding tert-OH is 1. The van der Waals surface area contributed by atoms with E-state index in [2.05, 4.69) is 15.5 Å². The highest BCUT2D eigenvalue weighted by molar-refractivity contribution is 7.89. The topological polar surface area (TPSA) is 239 Å². The average molecular weight is 1190 g/mol. The molecule has 6 aromatic rings. The summed E-state index contributed by atoms with van der Waals surface area (Å²) in [4.78, 5) is 37.4. The highest BCUT2D eigenvalue weighted by Crippen LogP contribution is 2.24. The SMILES string of the molecule is C1CCOC1.CC(C)(C)OC(=O)N[C@@H](Cc1ccccc1)C1CO1.COc1ccc(S(=O)(=O)N(C[C@@H](O)[C@H](Cc2ccccc2)NC(=O)OC(C)(C)C)OCc2ccccc2)cc1.COc1ccc(S(=O)(=O)NOCc2ccccc2)cc1. The lowest BCUT2D eigenvalue weighted by atomic mass is 10.0. The monoisotopic (exact) mass is 1180 g/mol. The molecule has 2 amide bonds. The average Bonchev–Trinajstić information content (AvgIpc) is 4.29. The van der Waals surface area contributed by atoms with Crippen LogP contribution in [0.25, 0.3) is 0 Å². The molecule has 0 spiro atoms. The first kappa shape index (κ1) is 66.9. The fourth-order valence-corrected chi connectivity index (χ4v) is 9.72. The van der Waals surface area contributed by atoms with Crippen LogP contribution in [0.1, 0.15) is 76.6 Å². The van der Waals surface area contributed by atoms with Crippen molar-refractivity contribution in [3.05, 3.63) is 192 Å². The van der Waals surface area contributed by atoms with Gasteiger partial charge in [-0.25, -0.2) is 26.4 Å². The Hall–Kier alpha value is -6.92. The molecule has 450 valence electrons. The Labute approximate surface area is 489 Å². The van der Waals surface area contributed by atoms with Gasteiger partial charge in [-0.3, -0.25) is 9.68 Å². The number of carbonyl (C=O) groups excluding carboxylic acids is 2. The van der Waals surface area contributed by atoms with Crippen LogP contribution in [0.2, 0.25) is 0 Å². The van der Waals surface area contributed by atoms with E-state index in [0.717, 1.165) is 40.8 Å². The second-order valence-electron chi connectivity index (χ2n) is 21.1. The number of benzene rings is 6. The first-order valence-corrected chi connectivity index (χ1v) is 30.1. The number of hydrogen-bond acceptors (Lipinski definition) is 15. The van der Waals surface area contributed by atoms with Crippen LogP contribution in [0.4, 0.5) is 9.59 Å². The molecule has 0 aromatic heterocycles. The zero-order valence-corrected chi connectivity index (χ0v) is 50.1. The molecular formula is C62H80N4O15S2. The standard InChI is InChI=1S/C29H36N2O7S.C15H21NO3.C14H15NO4S.C4H8O/c1-29(2,3)38-28(33)30-26(19-22-11-7-5-8-12-22)27(32)20-31(37-21-23-13-9-6-10-14-23)39(34,35)25-17-15-24(36-4)16-18-25;1-15(2,3)19-14(17)16-12(13-10-18-13)9-11-7-5-4-6-8-11;1-18-13-7-9-14(10-8-13)20(16,17)15-19-11-12-5-3-2-4-6-12;1-2-4-5-3-1/h5-18,26-27,32H,19-21H2,1-4H3,(H,30,33);4-8,12-13H,9-10H2,1-3H3,(H,16,17);2-10,15H,11H2,1H3;1-4H2/t26-,27+;12-,13?;;/m00../s1. The van der Waals surface area contributed by atoms with Gasteiger partial charge in [0.1, 0.15) is 28.8 Å². The van der Waals surface area contributed by atoms with Crippen LogP contribution >= 0.6 is 0 Å². The quantitative estimate of drug-likeness (QED) is 0.0365. The number of sulfonamides is 2. The summed E-state index contributed by atoms with van der Waals surface area (Å²) >= 11 is 0. The second kappa shape index (κ2) is 33.4. The number of nitrogens with zero attached hydrogens (tertiary/aromatic N) is 1. The van der Waals surface area contributed by atoms with Crippen molar-refractivity contribution < 1.29 is 69.6 Å². The van der Waals surface area contributed by atoms with E-state index in [1.165, 1.54) is 69.0 Å². The molecule has 83 heavy (non-hydrogen) atoms. The fourth-order valence-electron chi connectivity index (χ4n) is 7.66. The minimum absolute atomic E-state index is 0.0303. The van der Waals surface area contributed by atoms with Crippen molar-refractivity contribution in [2.45, 2.75) is 126 Å². The Morgan fingerprint density at radius 3 is 1.43 bits per heavy atom. The smallest absolute Gasteiger partial charge is 0.407 e. The van der Waals surface area contributed by atoms with E-state index >= 15 is 0 Å². The van der Waals surface area contributed by atoms with Gasteiger partial charge in [0.25, 0.3) is 20.0 Å². The second-order valence-corrected chi connectivity index (χ2v) is 24.6. The van der Waals surface area contributed by atoms with Crippen LogP contribution in [0, 0.1) is 0 Å². The van der Waals surface area contributed by atoms with Crippen LogP contribution in [-0.4, -0.2) is 115 Å². The van der Waals surface area contributed by atoms with Gasteiger partial charge >= 0.3 is 12.2 Å². The Balaban J connectivity index is 0.000000238. The van der Waals surface area contributed by atoms with E-state index in [9.17, 15) is 31.5 Å². The van der Waals surface area contributed by atoms with Crippen LogP contribution in [0.3, 0.4) is 0 Å². The van der Waals surface area contributed by atoms with Crippen LogP contribution < -0.4 is 25.0 Å². The molecule has 2 aliphatic heterocycles. The van der Waals surface area contributed by atoms with Crippen LogP contribution in [0.5, 0.6) is 11.5 Å². The lowest BCUT2D eigenvalue weighted by molar-refractivity contribution is -0.116. The first-order chi connectivity index (χ1) is 39.5. The van der Waals surface area contributed by atoms with Crippen molar-refractivity contribution >= 4 is 32.2 Å². The molecule has 1 unspecified atom stereocenters. The normalized spacial score (nSPS) is 15.0. The highest BCUT2D eigenvalue weighted by Gasteiger charge is 2.36. The number of methoxy groups -OCH3 is 2. The number of hydroxylamine groups is 1. The number of hydrogen-bond donors (Lipinski definition) is 4.